The molecule has 1 fully saturated rings. The first-order valence-corrected chi connectivity index (χ1v) is 16.1. The molecule has 0 aliphatic heterocycles. The number of nitrogens with zero attached hydrogens (tertiary/aromatic N) is 3. The maximum absolute atomic E-state index is 12.9. The Kier molecular flexibility index (Phi) is 9.94. The van der Waals surface area contributed by atoms with E-state index in [9.17, 15) is 26.4 Å². The van der Waals surface area contributed by atoms with Crippen molar-refractivity contribution in [2.24, 2.45) is 0 Å². The number of hydrogen-bond donors (Lipinski definition) is 4. The molecule has 1 amide bonds. The fraction of sp³-hybridized carbons (Fsp3) is 0.267. The molecule has 0 saturated heterocycles. The number of nitrogens with one attached hydrogen (secondary N) is 4. The van der Waals surface area contributed by atoms with Crippen LogP contribution in [-0.4, -0.2) is 54.4 Å². The van der Waals surface area contributed by atoms with E-state index in [2.05, 4.69) is 30.9 Å². The molecular formula is C30H29ClF3N7O4S. The van der Waals surface area contributed by atoms with Crippen LogP contribution in [0.3, 0.4) is 0 Å². The summed E-state index contributed by atoms with van der Waals surface area (Å²) < 4.78 is 70.3. The molecule has 3 aromatic carbocycles. The molecule has 1 heterocycles. The SMILES string of the molecule is O=C(NS(=O)(=O)CCNCc1ccccc1)c1ccc(Nc2nc(NC3(c4ccc(Cl)cc4)CC3)nc(OCC(F)(F)F)n2)cc1. The average molecular weight is 676 g/mol. The molecule has 242 valence electrons. The molecule has 0 bridgehead atoms. The van der Waals surface area contributed by atoms with E-state index in [0.717, 1.165) is 24.0 Å². The second kappa shape index (κ2) is 13.9. The van der Waals surface area contributed by atoms with Crippen molar-refractivity contribution < 1.29 is 31.1 Å². The lowest BCUT2D eigenvalue weighted by molar-refractivity contribution is -0.154. The van der Waals surface area contributed by atoms with E-state index >= 15 is 0 Å². The van der Waals surface area contributed by atoms with Crippen LogP contribution >= 0.6 is 11.6 Å². The molecule has 4 aromatic rings. The zero-order valence-corrected chi connectivity index (χ0v) is 25.7. The number of carbonyl (C=O) groups is 1. The van der Waals surface area contributed by atoms with Crippen LogP contribution in [0.1, 0.15) is 34.3 Å². The maximum atomic E-state index is 12.9. The van der Waals surface area contributed by atoms with Crippen LogP contribution in [0, 0.1) is 0 Å². The largest absolute Gasteiger partial charge is 0.454 e. The zero-order valence-electron chi connectivity index (χ0n) is 24.1. The van der Waals surface area contributed by atoms with Crippen molar-refractivity contribution in [2.75, 3.05) is 29.5 Å². The first kappa shape index (κ1) is 32.9. The predicted octanol–water partition coefficient (Wildman–Crippen LogP) is 5.16. The minimum Gasteiger partial charge on any atom is -0.454 e. The van der Waals surface area contributed by atoms with Gasteiger partial charge >= 0.3 is 12.2 Å². The van der Waals surface area contributed by atoms with E-state index in [1.165, 1.54) is 24.3 Å². The van der Waals surface area contributed by atoms with E-state index in [-0.39, 0.29) is 29.8 Å². The molecule has 0 atom stereocenters. The first-order valence-electron chi connectivity index (χ1n) is 14.0. The van der Waals surface area contributed by atoms with Crippen LogP contribution in [0.4, 0.5) is 30.8 Å². The summed E-state index contributed by atoms with van der Waals surface area (Å²) in [6, 6.07) is 21.7. The van der Waals surface area contributed by atoms with E-state index < -0.39 is 40.3 Å². The molecular weight excluding hydrogens is 647 g/mol. The second-order valence-electron chi connectivity index (χ2n) is 10.5. The van der Waals surface area contributed by atoms with Gasteiger partial charge < -0.3 is 20.7 Å². The van der Waals surface area contributed by atoms with Crippen LogP contribution in [0.5, 0.6) is 6.01 Å². The Morgan fingerprint density at radius 2 is 1.59 bits per heavy atom. The van der Waals surface area contributed by atoms with Crippen molar-refractivity contribution in [3.63, 3.8) is 0 Å². The third-order valence-corrected chi connectivity index (χ3v) is 8.34. The normalized spacial score (nSPS) is 13.9. The van der Waals surface area contributed by atoms with Gasteiger partial charge in [-0.3, -0.25) is 4.79 Å². The Hall–Kier alpha value is -4.47. The van der Waals surface area contributed by atoms with Gasteiger partial charge in [0.05, 0.1) is 11.3 Å². The number of halogens is 4. The number of carbonyl (C=O) groups excluding carboxylic acids is 1. The zero-order chi connectivity index (χ0) is 32.8. The third-order valence-electron chi connectivity index (χ3n) is 6.85. The first-order chi connectivity index (χ1) is 21.9. The number of benzene rings is 3. The molecule has 46 heavy (non-hydrogen) atoms. The number of ether oxygens (including phenoxy) is 1. The molecule has 1 aliphatic rings. The van der Waals surface area contributed by atoms with Gasteiger partial charge in [0.2, 0.25) is 21.9 Å². The predicted molar refractivity (Wildman–Crippen MR) is 166 cm³/mol. The number of rotatable bonds is 14. The molecule has 4 N–H and O–H groups in total. The number of sulfonamides is 1. The molecule has 0 spiro atoms. The van der Waals surface area contributed by atoms with Gasteiger partial charge in [-0.05, 0) is 60.4 Å². The number of anilines is 3. The number of hydrogen-bond acceptors (Lipinski definition) is 10. The quantitative estimate of drug-likeness (QED) is 0.132. The number of aromatic nitrogens is 3. The fourth-order valence-corrected chi connectivity index (χ4v) is 5.43. The van der Waals surface area contributed by atoms with E-state index in [0.29, 0.717) is 17.3 Å². The number of amides is 1. The summed E-state index contributed by atoms with van der Waals surface area (Å²) in [6.45, 7) is -0.983. The minimum absolute atomic E-state index is 0.0124. The maximum Gasteiger partial charge on any atom is 0.422 e. The highest BCUT2D eigenvalue weighted by atomic mass is 35.5. The lowest BCUT2D eigenvalue weighted by Crippen LogP contribution is -2.35. The van der Waals surface area contributed by atoms with Gasteiger partial charge in [-0.15, -0.1) is 0 Å². The molecule has 16 heteroatoms. The summed E-state index contributed by atoms with van der Waals surface area (Å²) in [4.78, 5) is 24.9. The van der Waals surface area contributed by atoms with Gasteiger partial charge in [-0.25, -0.2) is 13.1 Å². The Balaban J connectivity index is 1.23. The summed E-state index contributed by atoms with van der Waals surface area (Å²) in [5.41, 5.74) is 1.80. The van der Waals surface area contributed by atoms with Gasteiger partial charge in [0, 0.05) is 29.4 Å². The molecule has 1 aliphatic carbocycles. The molecule has 5 rings (SSSR count). The summed E-state index contributed by atoms with van der Waals surface area (Å²) in [5.74, 6) is -1.26. The number of alkyl halides is 3. The highest BCUT2D eigenvalue weighted by molar-refractivity contribution is 7.90. The van der Waals surface area contributed by atoms with Crippen molar-refractivity contribution in [3.05, 3.63) is 101 Å². The lowest BCUT2D eigenvalue weighted by Gasteiger charge is -2.19. The van der Waals surface area contributed by atoms with Crippen molar-refractivity contribution in [1.29, 1.82) is 0 Å². The van der Waals surface area contributed by atoms with E-state index in [1.54, 1.807) is 12.1 Å². The smallest absolute Gasteiger partial charge is 0.422 e. The molecule has 0 unspecified atom stereocenters. The fourth-order valence-electron chi connectivity index (χ4n) is 4.39. The van der Waals surface area contributed by atoms with Gasteiger partial charge in [0.1, 0.15) is 0 Å². The standard InChI is InChI=1S/C30H29ClF3N7O4S/c31-23-10-8-22(9-11-23)29(14-15-29)40-27-37-26(38-28(39-27)45-19-30(32,33)34)36-24-12-6-21(7-13-24)25(42)41-46(43,44)17-16-35-18-20-4-2-1-3-5-20/h1-13,35H,14-19H2,(H,41,42)(H2,36,37,38,39,40). The third kappa shape index (κ3) is 9.52. The van der Waals surface area contributed by atoms with Crippen LogP contribution < -0.4 is 25.4 Å². The van der Waals surface area contributed by atoms with Crippen molar-refractivity contribution in [1.82, 2.24) is 25.0 Å². The van der Waals surface area contributed by atoms with Gasteiger partial charge in [0.15, 0.2) is 6.61 Å². The lowest BCUT2D eigenvalue weighted by atomic mass is 10.1. The Morgan fingerprint density at radius 1 is 0.913 bits per heavy atom. The summed E-state index contributed by atoms with van der Waals surface area (Å²) >= 11 is 6.01. The van der Waals surface area contributed by atoms with Crippen LogP contribution in [0.15, 0.2) is 78.9 Å². The summed E-state index contributed by atoms with van der Waals surface area (Å²) in [7, 11) is -3.91. The molecule has 0 radical (unpaired) electrons. The highest BCUT2D eigenvalue weighted by Crippen LogP contribution is 2.48. The van der Waals surface area contributed by atoms with Crippen molar-refractivity contribution >= 4 is 45.1 Å². The molecule has 1 saturated carbocycles. The Bertz CT molecular complexity index is 1760. The highest BCUT2D eigenvalue weighted by Gasteiger charge is 2.45. The van der Waals surface area contributed by atoms with E-state index in [4.69, 9.17) is 16.3 Å². The van der Waals surface area contributed by atoms with Crippen LogP contribution in [0.2, 0.25) is 5.02 Å². The topological polar surface area (TPSA) is 147 Å². The van der Waals surface area contributed by atoms with Gasteiger partial charge in [-0.2, -0.15) is 28.1 Å². The van der Waals surface area contributed by atoms with Gasteiger partial charge in [0.25, 0.3) is 5.91 Å². The monoisotopic (exact) mass is 675 g/mol. The summed E-state index contributed by atoms with van der Waals surface area (Å²) in [6.07, 6.45) is -3.16. The van der Waals surface area contributed by atoms with Crippen molar-refractivity contribution in [3.8, 4) is 6.01 Å². The Labute approximate surface area is 268 Å². The molecule has 1 aromatic heterocycles. The van der Waals surface area contributed by atoms with Gasteiger partial charge in [-0.1, -0.05) is 54.1 Å². The second-order valence-corrected chi connectivity index (χ2v) is 12.8. The molecule has 11 nitrogen and oxygen atoms in total. The summed E-state index contributed by atoms with van der Waals surface area (Å²) in [5, 5.41) is 9.62. The van der Waals surface area contributed by atoms with Crippen LogP contribution in [-0.2, 0) is 22.1 Å². The minimum atomic E-state index is -4.61. The van der Waals surface area contributed by atoms with Crippen LogP contribution in [0.25, 0.3) is 0 Å². The van der Waals surface area contributed by atoms with E-state index in [1.807, 2.05) is 47.2 Å². The Morgan fingerprint density at radius 3 is 2.24 bits per heavy atom. The average Bonchev–Trinajstić information content (AvgIpc) is 3.79. The van der Waals surface area contributed by atoms with Crippen molar-refractivity contribution in [2.45, 2.75) is 31.1 Å².